The molecule has 0 fully saturated rings. The summed E-state index contributed by atoms with van der Waals surface area (Å²) in [6.45, 7) is 9.56. The van der Waals surface area contributed by atoms with Crippen molar-refractivity contribution < 1.29 is 19.7 Å². The third-order valence-corrected chi connectivity index (χ3v) is 5.76. The summed E-state index contributed by atoms with van der Waals surface area (Å²) in [6.07, 6.45) is 4.10. The third-order valence-electron chi connectivity index (χ3n) is 5.76. The van der Waals surface area contributed by atoms with Gasteiger partial charge in [0.15, 0.2) is 0 Å². The van der Waals surface area contributed by atoms with Crippen LogP contribution in [0, 0.1) is 5.92 Å². The monoisotopic (exact) mass is 330 g/mol. The van der Waals surface area contributed by atoms with E-state index in [0.29, 0.717) is 17.2 Å². The van der Waals surface area contributed by atoms with Crippen LogP contribution < -0.4 is 4.74 Å². The van der Waals surface area contributed by atoms with Crippen molar-refractivity contribution in [3.63, 3.8) is 0 Å². The second-order valence-electron chi connectivity index (χ2n) is 8.25. The molecule has 4 nitrogen and oxygen atoms in total. The van der Waals surface area contributed by atoms with Crippen LogP contribution >= 0.6 is 0 Å². The summed E-state index contributed by atoms with van der Waals surface area (Å²) >= 11 is 0. The van der Waals surface area contributed by atoms with E-state index >= 15 is 0 Å². The fraction of sp³-hybridized carbons (Fsp3) is 0.550. The van der Waals surface area contributed by atoms with Crippen molar-refractivity contribution in [2.45, 2.75) is 64.4 Å². The van der Waals surface area contributed by atoms with Crippen LogP contribution in [0.25, 0.3) is 0 Å². The Hall–Kier alpha value is -1.97. The average Bonchev–Trinajstić information content (AvgIpc) is 2.45. The zero-order valence-corrected chi connectivity index (χ0v) is 15.0. The molecule has 4 heteroatoms. The van der Waals surface area contributed by atoms with Crippen molar-refractivity contribution in [3.05, 3.63) is 34.9 Å². The minimum Gasteiger partial charge on any atom is -0.508 e. The molecule has 1 aliphatic carbocycles. The number of aliphatic carboxylic acids is 1. The molecule has 0 saturated heterocycles. The van der Waals surface area contributed by atoms with Gasteiger partial charge >= 0.3 is 5.97 Å². The highest BCUT2D eigenvalue weighted by Gasteiger charge is 2.46. The predicted molar refractivity (Wildman–Crippen MR) is 92.7 cm³/mol. The van der Waals surface area contributed by atoms with Gasteiger partial charge in [0.2, 0.25) is 0 Å². The molecule has 3 rings (SSSR count). The molecule has 1 unspecified atom stereocenters. The van der Waals surface area contributed by atoms with Crippen molar-refractivity contribution in [2.75, 3.05) is 0 Å². The fourth-order valence-electron chi connectivity index (χ4n) is 4.05. The van der Waals surface area contributed by atoms with Crippen molar-refractivity contribution in [1.82, 2.24) is 0 Å². The largest absolute Gasteiger partial charge is 0.508 e. The molecule has 1 heterocycles. The number of carboxylic acids is 1. The van der Waals surface area contributed by atoms with E-state index in [1.54, 1.807) is 26.0 Å². The summed E-state index contributed by atoms with van der Waals surface area (Å²) in [7, 11) is 0. The lowest BCUT2D eigenvalue weighted by molar-refractivity contribution is -0.142. The van der Waals surface area contributed by atoms with Gasteiger partial charge in [-0.1, -0.05) is 11.6 Å². The average molecular weight is 330 g/mol. The van der Waals surface area contributed by atoms with E-state index in [4.69, 9.17) is 4.74 Å². The third kappa shape index (κ3) is 2.48. The number of rotatable bonds is 2. The molecular formula is C20H26O4. The Morgan fingerprint density at radius 2 is 2.00 bits per heavy atom. The number of hydrogen-bond acceptors (Lipinski definition) is 3. The van der Waals surface area contributed by atoms with Gasteiger partial charge in [-0.2, -0.15) is 0 Å². The molecule has 1 aromatic rings. The highest BCUT2D eigenvalue weighted by molar-refractivity contribution is 5.81. The van der Waals surface area contributed by atoms with E-state index in [1.807, 2.05) is 0 Å². The van der Waals surface area contributed by atoms with Crippen LogP contribution in [0.4, 0.5) is 0 Å². The first-order valence-corrected chi connectivity index (χ1v) is 8.49. The normalized spacial score (nSPS) is 25.1. The lowest BCUT2D eigenvalue weighted by Crippen LogP contribution is -2.45. The van der Waals surface area contributed by atoms with E-state index in [9.17, 15) is 15.0 Å². The maximum atomic E-state index is 11.6. The van der Waals surface area contributed by atoms with E-state index < -0.39 is 11.4 Å². The van der Waals surface area contributed by atoms with Crippen molar-refractivity contribution in [3.8, 4) is 11.5 Å². The van der Waals surface area contributed by atoms with Gasteiger partial charge in [0.25, 0.3) is 0 Å². The summed E-state index contributed by atoms with van der Waals surface area (Å²) in [5.41, 5.74) is 1.28. The van der Waals surface area contributed by atoms with Gasteiger partial charge < -0.3 is 14.9 Å². The molecule has 2 N–H and O–H groups in total. The number of phenolic OH excluding ortho intramolecular Hbond substituents is 1. The fourth-order valence-corrected chi connectivity index (χ4v) is 4.05. The second kappa shape index (κ2) is 5.27. The van der Waals surface area contributed by atoms with Crippen molar-refractivity contribution in [1.29, 1.82) is 0 Å². The van der Waals surface area contributed by atoms with Gasteiger partial charge in [-0.3, -0.25) is 4.79 Å². The number of fused-ring (bicyclic) bond motifs is 3. The van der Waals surface area contributed by atoms with Crippen molar-refractivity contribution >= 4 is 5.97 Å². The Kier molecular flexibility index (Phi) is 3.70. The molecule has 24 heavy (non-hydrogen) atoms. The Balaban J connectivity index is 2.16. The Labute approximate surface area is 143 Å². The number of phenols is 1. The first-order chi connectivity index (χ1) is 11.0. The summed E-state index contributed by atoms with van der Waals surface area (Å²) in [6, 6.07) is 3.40. The van der Waals surface area contributed by atoms with Crippen LogP contribution in [0.5, 0.6) is 11.5 Å². The van der Waals surface area contributed by atoms with Gasteiger partial charge in [0, 0.05) is 17.4 Å². The smallest absolute Gasteiger partial charge is 0.313 e. The minimum atomic E-state index is -1.08. The summed E-state index contributed by atoms with van der Waals surface area (Å²) in [5, 5.41) is 20.2. The first-order valence-electron chi connectivity index (χ1n) is 8.49. The zero-order valence-electron chi connectivity index (χ0n) is 15.0. The van der Waals surface area contributed by atoms with Crippen LogP contribution in [0.3, 0.4) is 0 Å². The number of benzene rings is 1. The maximum Gasteiger partial charge on any atom is 0.313 e. The first kappa shape index (κ1) is 16.9. The maximum absolute atomic E-state index is 11.6. The van der Waals surface area contributed by atoms with E-state index in [-0.39, 0.29) is 17.3 Å². The molecule has 0 radical (unpaired) electrons. The summed E-state index contributed by atoms with van der Waals surface area (Å²) < 4.78 is 6.24. The van der Waals surface area contributed by atoms with Crippen molar-refractivity contribution in [2.24, 2.45) is 5.92 Å². The standard InChI is InChI=1S/C20H26O4/c1-11-6-7-14-13(8-11)17-15(21)9-12(19(2,3)18(22)23)10-16(17)24-20(14,4)5/h6,9-10,13-14,21H,7-8H2,1-5H3,(H,22,23)/t13?,14-/m1/s1. The number of aromatic hydroxyl groups is 1. The highest BCUT2D eigenvalue weighted by atomic mass is 16.5. The molecule has 2 atom stereocenters. The quantitative estimate of drug-likeness (QED) is 0.790. The number of carbonyl (C=O) groups is 1. The van der Waals surface area contributed by atoms with Crippen LogP contribution in [0.15, 0.2) is 23.8 Å². The lowest BCUT2D eigenvalue weighted by atomic mass is 9.67. The molecule has 0 aromatic heterocycles. The van der Waals surface area contributed by atoms with Gasteiger partial charge in [-0.05, 0) is 65.2 Å². The van der Waals surface area contributed by atoms with Crippen LogP contribution in [-0.4, -0.2) is 21.8 Å². The van der Waals surface area contributed by atoms with Gasteiger partial charge in [-0.25, -0.2) is 0 Å². The number of allylic oxidation sites excluding steroid dienone is 2. The number of carboxylic acid groups (broad SMARTS) is 1. The summed E-state index contributed by atoms with van der Waals surface area (Å²) in [4.78, 5) is 11.6. The molecular weight excluding hydrogens is 304 g/mol. The van der Waals surface area contributed by atoms with Crippen LogP contribution in [0.2, 0.25) is 0 Å². The van der Waals surface area contributed by atoms with Gasteiger partial charge in [0.05, 0.1) is 5.41 Å². The summed E-state index contributed by atoms with van der Waals surface area (Å²) in [5.74, 6) is 0.359. The predicted octanol–water partition coefficient (Wildman–Crippen LogP) is 4.37. The zero-order chi connectivity index (χ0) is 17.9. The van der Waals surface area contributed by atoms with E-state index in [2.05, 4.69) is 26.8 Å². The van der Waals surface area contributed by atoms with E-state index in [0.717, 1.165) is 18.4 Å². The topological polar surface area (TPSA) is 66.8 Å². The Morgan fingerprint density at radius 1 is 1.33 bits per heavy atom. The molecule has 2 aliphatic rings. The lowest BCUT2D eigenvalue weighted by Gasteiger charge is -2.47. The molecule has 1 aliphatic heterocycles. The SMILES string of the molecule is CC1=CC[C@@H]2C(C1)c1c(O)cc(C(C)(C)C(=O)O)cc1OC2(C)C. The van der Waals surface area contributed by atoms with E-state index in [1.165, 1.54) is 5.57 Å². The second-order valence-corrected chi connectivity index (χ2v) is 8.25. The highest BCUT2D eigenvalue weighted by Crippen LogP contribution is 2.54. The number of ether oxygens (including phenoxy) is 1. The minimum absolute atomic E-state index is 0.150. The molecule has 0 bridgehead atoms. The Bertz CT molecular complexity index is 727. The molecule has 0 spiro atoms. The van der Waals surface area contributed by atoms with Gasteiger partial charge in [0.1, 0.15) is 17.1 Å². The van der Waals surface area contributed by atoms with Crippen LogP contribution in [0.1, 0.15) is 64.5 Å². The Morgan fingerprint density at radius 3 is 2.62 bits per heavy atom. The molecule has 130 valence electrons. The molecule has 0 amide bonds. The van der Waals surface area contributed by atoms with Gasteiger partial charge in [-0.15, -0.1) is 0 Å². The number of hydrogen-bond donors (Lipinski definition) is 2. The van der Waals surface area contributed by atoms with Crippen LogP contribution in [-0.2, 0) is 10.2 Å². The molecule has 0 saturated carbocycles. The molecule has 1 aromatic carbocycles.